The first-order valence-corrected chi connectivity index (χ1v) is 5.53. The van der Waals surface area contributed by atoms with Gasteiger partial charge in [0.1, 0.15) is 0 Å². The summed E-state index contributed by atoms with van der Waals surface area (Å²) >= 11 is 0. The third kappa shape index (κ3) is 1.49. The van der Waals surface area contributed by atoms with Crippen LogP contribution in [-0.4, -0.2) is 37.2 Å². The maximum Gasteiger partial charge on any atom is 0.311 e. The highest BCUT2D eigenvalue weighted by molar-refractivity contribution is 5.87. The lowest BCUT2D eigenvalue weighted by molar-refractivity contribution is -0.158. The van der Waals surface area contributed by atoms with Gasteiger partial charge in [0.25, 0.3) is 0 Å². The fourth-order valence-corrected chi connectivity index (χ4v) is 3.08. The van der Waals surface area contributed by atoms with Crippen LogP contribution in [0.5, 0.6) is 0 Å². The predicted octanol–water partition coefficient (Wildman–Crippen LogP) is 0.255. The van der Waals surface area contributed by atoms with Gasteiger partial charge in [-0.25, -0.2) is 0 Å². The standard InChI is InChI=1S/C12H17NO4/c1-11-5-6-12(2,13-11)8(10(15)17-4)7(11)9(14)16-3/h5-8,13H,1-4H3/t7-,8-,11-,12+/m0/s1. The van der Waals surface area contributed by atoms with Gasteiger partial charge in [0, 0.05) is 11.1 Å². The van der Waals surface area contributed by atoms with Crippen molar-refractivity contribution in [3.05, 3.63) is 12.2 Å². The van der Waals surface area contributed by atoms with E-state index in [1.165, 1.54) is 14.2 Å². The maximum atomic E-state index is 11.9. The van der Waals surface area contributed by atoms with Crippen LogP contribution in [0.15, 0.2) is 12.2 Å². The third-order valence-corrected chi connectivity index (χ3v) is 3.85. The molecule has 0 aromatic carbocycles. The molecule has 1 N–H and O–H groups in total. The van der Waals surface area contributed by atoms with E-state index in [-0.39, 0.29) is 11.9 Å². The Balaban J connectivity index is 2.44. The van der Waals surface area contributed by atoms with Crippen LogP contribution in [0, 0.1) is 11.8 Å². The van der Waals surface area contributed by atoms with Gasteiger partial charge in [-0.1, -0.05) is 12.2 Å². The summed E-state index contributed by atoms with van der Waals surface area (Å²) in [7, 11) is 2.66. The first kappa shape index (κ1) is 12.1. The number of hydrogen-bond donors (Lipinski definition) is 1. The number of methoxy groups -OCH3 is 2. The summed E-state index contributed by atoms with van der Waals surface area (Å²) < 4.78 is 9.60. The molecule has 0 radical (unpaired) electrons. The summed E-state index contributed by atoms with van der Waals surface area (Å²) in [5.74, 6) is -1.86. The summed E-state index contributed by atoms with van der Waals surface area (Å²) in [6, 6.07) is 0. The number of carbonyl (C=O) groups is 2. The molecule has 5 heteroatoms. The van der Waals surface area contributed by atoms with E-state index in [2.05, 4.69) is 5.32 Å². The number of rotatable bonds is 2. The van der Waals surface area contributed by atoms with Gasteiger partial charge in [0.2, 0.25) is 0 Å². The Morgan fingerprint density at radius 1 is 1.00 bits per heavy atom. The highest BCUT2D eigenvalue weighted by Crippen LogP contribution is 2.48. The Labute approximate surface area is 100 Å². The molecule has 4 atom stereocenters. The molecule has 2 aliphatic rings. The molecule has 0 aromatic rings. The van der Waals surface area contributed by atoms with Crippen LogP contribution >= 0.6 is 0 Å². The molecular weight excluding hydrogens is 222 g/mol. The molecule has 0 spiro atoms. The molecule has 2 aliphatic heterocycles. The smallest absolute Gasteiger partial charge is 0.311 e. The second-order valence-corrected chi connectivity index (χ2v) is 5.03. The van der Waals surface area contributed by atoms with E-state index >= 15 is 0 Å². The Morgan fingerprint density at radius 3 is 1.65 bits per heavy atom. The van der Waals surface area contributed by atoms with Gasteiger partial charge in [-0.2, -0.15) is 0 Å². The highest BCUT2D eigenvalue weighted by atomic mass is 16.5. The minimum atomic E-state index is -0.546. The normalized spacial score (nSPS) is 42.6. The van der Waals surface area contributed by atoms with Crippen molar-refractivity contribution in [3.63, 3.8) is 0 Å². The molecule has 0 aliphatic carbocycles. The Morgan fingerprint density at radius 2 is 1.35 bits per heavy atom. The predicted molar refractivity (Wildman–Crippen MR) is 60.1 cm³/mol. The van der Waals surface area contributed by atoms with Gasteiger partial charge in [-0.3, -0.25) is 14.9 Å². The molecule has 2 heterocycles. The topological polar surface area (TPSA) is 64.6 Å². The van der Waals surface area contributed by atoms with Gasteiger partial charge in [0.05, 0.1) is 26.1 Å². The molecule has 5 nitrogen and oxygen atoms in total. The Kier molecular flexibility index (Phi) is 2.54. The zero-order chi connectivity index (χ0) is 12.8. The van der Waals surface area contributed by atoms with Gasteiger partial charge >= 0.3 is 11.9 Å². The SMILES string of the molecule is COC(=O)[C@@H]1[C@@H](C(=O)OC)[C@]2(C)C=C[C@@]1(C)N2. The van der Waals surface area contributed by atoms with Crippen LogP contribution in [0.3, 0.4) is 0 Å². The van der Waals surface area contributed by atoms with Crippen LogP contribution in [0.25, 0.3) is 0 Å². The maximum absolute atomic E-state index is 11.9. The zero-order valence-corrected chi connectivity index (χ0v) is 10.4. The first-order chi connectivity index (χ1) is 7.88. The lowest BCUT2D eigenvalue weighted by Crippen LogP contribution is -2.45. The number of hydrogen-bond acceptors (Lipinski definition) is 5. The molecule has 94 valence electrons. The molecule has 0 aromatic heterocycles. The first-order valence-electron chi connectivity index (χ1n) is 5.53. The van der Waals surface area contributed by atoms with Gasteiger partial charge in [-0.05, 0) is 13.8 Å². The number of nitrogens with one attached hydrogen (secondary N) is 1. The average Bonchev–Trinajstić information content (AvgIpc) is 2.72. The van der Waals surface area contributed by atoms with Crippen molar-refractivity contribution in [2.45, 2.75) is 24.9 Å². The second-order valence-electron chi connectivity index (χ2n) is 5.03. The molecule has 0 unspecified atom stereocenters. The summed E-state index contributed by atoms with van der Waals surface area (Å²) in [5, 5.41) is 3.30. The summed E-state index contributed by atoms with van der Waals surface area (Å²) in [6.07, 6.45) is 3.85. The van der Waals surface area contributed by atoms with Crippen molar-refractivity contribution in [2.75, 3.05) is 14.2 Å². The van der Waals surface area contributed by atoms with E-state index in [9.17, 15) is 9.59 Å². The van der Waals surface area contributed by atoms with E-state index in [0.29, 0.717) is 0 Å². The van der Waals surface area contributed by atoms with Crippen LogP contribution in [-0.2, 0) is 19.1 Å². The van der Waals surface area contributed by atoms with E-state index in [1.54, 1.807) is 0 Å². The molecule has 0 saturated carbocycles. The molecule has 2 bridgehead atoms. The van der Waals surface area contributed by atoms with Crippen LogP contribution in [0.1, 0.15) is 13.8 Å². The fourth-order valence-electron chi connectivity index (χ4n) is 3.08. The summed E-state index contributed by atoms with van der Waals surface area (Å²) in [6.45, 7) is 3.78. The van der Waals surface area contributed by atoms with E-state index < -0.39 is 22.9 Å². The monoisotopic (exact) mass is 239 g/mol. The van der Waals surface area contributed by atoms with Crippen molar-refractivity contribution < 1.29 is 19.1 Å². The number of carbonyl (C=O) groups excluding carboxylic acids is 2. The van der Waals surface area contributed by atoms with Crippen molar-refractivity contribution in [3.8, 4) is 0 Å². The molecule has 17 heavy (non-hydrogen) atoms. The van der Waals surface area contributed by atoms with Crippen molar-refractivity contribution >= 4 is 11.9 Å². The minimum Gasteiger partial charge on any atom is -0.469 e. The van der Waals surface area contributed by atoms with Gasteiger partial charge in [0.15, 0.2) is 0 Å². The highest BCUT2D eigenvalue weighted by Gasteiger charge is 2.64. The largest absolute Gasteiger partial charge is 0.469 e. The second kappa shape index (κ2) is 3.57. The lowest BCUT2D eigenvalue weighted by Gasteiger charge is -2.30. The van der Waals surface area contributed by atoms with Crippen molar-refractivity contribution in [2.24, 2.45) is 11.8 Å². The van der Waals surface area contributed by atoms with E-state index in [4.69, 9.17) is 9.47 Å². The quantitative estimate of drug-likeness (QED) is 0.553. The molecule has 0 amide bonds. The summed E-state index contributed by atoms with van der Waals surface area (Å²) in [5.41, 5.74) is -1.08. The van der Waals surface area contributed by atoms with Gasteiger partial charge in [-0.15, -0.1) is 0 Å². The van der Waals surface area contributed by atoms with Gasteiger partial charge < -0.3 is 9.47 Å². The molecular formula is C12H17NO4. The Hall–Kier alpha value is -1.36. The average molecular weight is 239 g/mol. The van der Waals surface area contributed by atoms with E-state index in [0.717, 1.165) is 0 Å². The van der Waals surface area contributed by atoms with Crippen molar-refractivity contribution in [1.82, 2.24) is 5.32 Å². The number of ether oxygens (including phenoxy) is 2. The summed E-state index contributed by atoms with van der Waals surface area (Å²) in [4.78, 5) is 23.8. The number of fused-ring (bicyclic) bond motifs is 2. The third-order valence-electron chi connectivity index (χ3n) is 3.85. The molecule has 1 fully saturated rings. The van der Waals surface area contributed by atoms with Crippen molar-refractivity contribution in [1.29, 1.82) is 0 Å². The van der Waals surface area contributed by atoms with E-state index in [1.807, 2.05) is 26.0 Å². The van der Waals surface area contributed by atoms with Crippen LogP contribution in [0.4, 0.5) is 0 Å². The van der Waals surface area contributed by atoms with Crippen LogP contribution in [0.2, 0.25) is 0 Å². The zero-order valence-electron chi connectivity index (χ0n) is 10.4. The Bertz CT molecular complexity index is 369. The van der Waals surface area contributed by atoms with Crippen LogP contribution < -0.4 is 5.32 Å². The fraction of sp³-hybridized carbons (Fsp3) is 0.667. The number of esters is 2. The minimum absolute atomic E-state index is 0.386. The molecule has 2 rings (SSSR count). The molecule has 1 saturated heterocycles. The lowest BCUT2D eigenvalue weighted by atomic mass is 9.71.